The maximum Gasteiger partial charge on any atom is 0.291 e. The number of nitrogens with one attached hydrogen (secondary N) is 2. The number of H-pyrrole nitrogens is 1. The van der Waals surface area contributed by atoms with E-state index in [1.54, 1.807) is 6.07 Å². The van der Waals surface area contributed by atoms with Gasteiger partial charge in [0.1, 0.15) is 0 Å². The fraction of sp³-hybridized carbons (Fsp3) is 0.583. The molecule has 1 fully saturated rings. The number of hydrogen-bond donors (Lipinski definition) is 2. The van der Waals surface area contributed by atoms with Gasteiger partial charge in [-0.25, -0.2) is 5.43 Å². The van der Waals surface area contributed by atoms with Crippen LogP contribution in [-0.4, -0.2) is 21.8 Å². The first-order chi connectivity index (χ1) is 8.20. The second kappa shape index (κ2) is 5.12. The number of rotatable bonds is 3. The van der Waals surface area contributed by atoms with Crippen molar-refractivity contribution in [3.05, 3.63) is 17.5 Å². The smallest absolute Gasteiger partial charge is 0.282 e. The molecule has 1 heterocycles. The molecule has 0 aromatic carbocycles. The number of hydrogen-bond acceptors (Lipinski definition) is 3. The zero-order valence-electron chi connectivity index (χ0n) is 10.3. The Bertz CT molecular complexity index is 435. The van der Waals surface area contributed by atoms with Gasteiger partial charge in [0.2, 0.25) is 0 Å². The second-order valence-corrected chi connectivity index (χ2v) is 4.48. The molecule has 1 saturated carbocycles. The van der Waals surface area contributed by atoms with Crippen LogP contribution in [0, 0.1) is 12.8 Å². The minimum absolute atomic E-state index is 0.247. The monoisotopic (exact) mass is 234 g/mol. The van der Waals surface area contributed by atoms with E-state index in [1.165, 1.54) is 12.8 Å². The summed E-state index contributed by atoms with van der Waals surface area (Å²) in [7, 11) is 0. The zero-order chi connectivity index (χ0) is 12.3. The molecular weight excluding hydrogens is 216 g/mol. The van der Waals surface area contributed by atoms with Crippen molar-refractivity contribution < 1.29 is 4.79 Å². The first kappa shape index (κ1) is 11.8. The summed E-state index contributed by atoms with van der Waals surface area (Å²) in [6.45, 7) is 4.02. The Morgan fingerprint density at radius 1 is 1.71 bits per heavy atom. The third-order valence-corrected chi connectivity index (χ3v) is 3.19. The lowest BCUT2D eigenvalue weighted by Gasteiger charge is -2.06. The van der Waals surface area contributed by atoms with Gasteiger partial charge in [-0.05, 0) is 44.6 Å². The molecule has 92 valence electrons. The molecule has 1 aliphatic carbocycles. The van der Waals surface area contributed by atoms with Gasteiger partial charge in [-0.3, -0.25) is 9.89 Å². The highest BCUT2D eigenvalue weighted by Gasteiger charge is 2.21. The van der Waals surface area contributed by atoms with Gasteiger partial charge in [-0.15, -0.1) is 0 Å². The number of aromatic amines is 1. The van der Waals surface area contributed by atoms with Gasteiger partial charge in [0.25, 0.3) is 5.91 Å². The maximum atomic E-state index is 11.7. The molecule has 1 atom stereocenters. The highest BCUT2D eigenvalue weighted by Crippen LogP contribution is 2.24. The first-order valence-corrected chi connectivity index (χ1v) is 6.09. The van der Waals surface area contributed by atoms with Gasteiger partial charge in [-0.2, -0.15) is 10.2 Å². The third kappa shape index (κ3) is 2.72. The number of amides is 1. The van der Waals surface area contributed by atoms with E-state index in [1.807, 2.05) is 6.92 Å². The van der Waals surface area contributed by atoms with Crippen molar-refractivity contribution in [2.45, 2.75) is 39.5 Å². The van der Waals surface area contributed by atoms with E-state index in [-0.39, 0.29) is 5.91 Å². The Balaban J connectivity index is 1.98. The van der Waals surface area contributed by atoms with Crippen LogP contribution < -0.4 is 5.43 Å². The lowest BCUT2D eigenvalue weighted by Crippen LogP contribution is -2.21. The number of carbonyl (C=O) groups excluding carboxylic acids is 1. The van der Waals surface area contributed by atoms with Crippen LogP contribution in [0.2, 0.25) is 0 Å². The van der Waals surface area contributed by atoms with Gasteiger partial charge in [0.05, 0.1) is 0 Å². The summed E-state index contributed by atoms with van der Waals surface area (Å²) in [4.78, 5) is 11.7. The lowest BCUT2D eigenvalue weighted by atomic mass is 10.0. The molecule has 5 heteroatoms. The van der Waals surface area contributed by atoms with Crippen LogP contribution in [0.1, 0.15) is 48.8 Å². The summed E-state index contributed by atoms with van der Waals surface area (Å²) >= 11 is 0. The summed E-state index contributed by atoms with van der Waals surface area (Å²) in [6, 6.07) is 1.71. The number of hydrazone groups is 1. The topological polar surface area (TPSA) is 70.1 Å². The molecule has 0 radical (unpaired) electrons. The van der Waals surface area contributed by atoms with Gasteiger partial charge < -0.3 is 0 Å². The standard InChI is InChI=1S/C12H18N4O/c1-3-9-5-4-6-10(9)14-16-12(17)11-7-8(2)13-15-11/h7,9H,3-6H2,1-2H3,(H,13,15)(H,16,17)/b14-10-/t9-/m1/s1. The number of aromatic nitrogens is 2. The van der Waals surface area contributed by atoms with E-state index in [2.05, 4.69) is 27.6 Å². The highest BCUT2D eigenvalue weighted by molar-refractivity contribution is 5.94. The third-order valence-electron chi connectivity index (χ3n) is 3.19. The minimum atomic E-state index is -0.247. The molecule has 2 rings (SSSR count). The van der Waals surface area contributed by atoms with E-state index >= 15 is 0 Å². The lowest BCUT2D eigenvalue weighted by molar-refractivity contribution is 0.0949. The van der Waals surface area contributed by atoms with E-state index in [0.29, 0.717) is 11.6 Å². The Morgan fingerprint density at radius 3 is 3.18 bits per heavy atom. The predicted molar refractivity (Wildman–Crippen MR) is 65.9 cm³/mol. The molecule has 2 N–H and O–H groups in total. The largest absolute Gasteiger partial charge is 0.291 e. The van der Waals surface area contributed by atoms with E-state index < -0.39 is 0 Å². The molecule has 17 heavy (non-hydrogen) atoms. The molecule has 1 aromatic heterocycles. The molecule has 0 unspecified atom stereocenters. The SMILES string of the molecule is CC[C@@H]1CCC/C1=N/NC(=O)c1cc(C)[nH]n1. The molecule has 5 nitrogen and oxygen atoms in total. The van der Waals surface area contributed by atoms with Crippen LogP contribution in [0.25, 0.3) is 0 Å². The van der Waals surface area contributed by atoms with Crippen molar-refractivity contribution >= 4 is 11.6 Å². The summed E-state index contributed by atoms with van der Waals surface area (Å²) in [5.41, 5.74) is 4.96. The van der Waals surface area contributed by atoms with Crippen molar-refractivity contribution in [1.29, 1.82) is 0 Å². The Kier molecular flexibility index (Phi) is 3.56. The highest BCUT2D eigenvalue weighted by atomic mass is 16.2. The van der Waals surface area contributed by atoms with Gasteiger partial charge >= 0.3 is 0 Å². The zero-order valence-corrected chi connectivity index (χ0v) is 10.3. The molecule has 0 bridgehead atoms. The van der Waals surface area contributed by atoms with E-state index in [4.69, 9.17) is 0 Å². The average molecular weight is 234 g/mol. The average Bonchev–Trinajstić information content (AvgIpc) is 2.94. The maximum absolute atomic E-state index is 11.7. The molecule has 0 spiro atoms. The summed E-state index contributed by atoms with van der Waals surface area (Å²) in [5, 5.41) is 10.9. The van der Waals surface area contributed by atoms with E-state index in [0.717, 1.165) is 24.2 Å². The van der Waals surface area contributed by atoms with Gasteiger partial charge in [0, 0.05) is 11.4 Å². The molecule has 1 aliphatic rings. The quantitative estimate of drug-likeness (QED) is 0.785. The van der Waals surface area contributed by atoms with Crippen molar-refractivity contribution in [3.8, 4) is 0 Å². The fourth-order valence-corrected chi connectivity index (χ4v) is 2.20. The summed E-state index contributed by atoms with van der Waals surface area (Å²) < 4.78 is 0. The van der Waals surface area contributed by atoms with Gasteiger partial charge in [0.15, 0.2) is 5.69 Å². The van der Waals surface area contributed by atoms with Crippen LogP contribution in [0.4, 0.5) is 0 Å². The Hall–Kier alpha value is -1.65. The fourth-order valence-electron chi connectivity index (χ4n) is 2.20. The van der Waals surface area contributed by atoms with Crippen LogP contribution in [-0.2, 0) is 0 Å². The molecule has 1 amide bonds. The van der Waals surface area contributed by atoms with Gasteiger partial charge in [-0.1, -0.05) is 6.92 Å². The Morgan fingerprint density at radius 2 is 2.53 bits per heavy atom. The Labute approximate surface area is 101 Å². The van der Waals surface area contributed by atoms with E-state index in [9.17, 15) is 4.79 Å². The minimum Gasteiger partial charge on any atom is -0.282 e. The van der Waals surface area contributed by atoms with Crippen LogP contribution in [0.5, 0.6) is 0 Å². The second-order valence-electron chi connectivity index (χ2n) is 4.48. The predicted octanol–water partition coefficient (Wildman–Crippen LogP) is 2.01. The molecular formula is C12H18N4O. The van der Waals surface area contributed by atoms with Crippen molar-refractivity contribution in [3.63, 3.8) is 0 Å². The number of nitrogens with zero attached hydrogens (tertiary/aromatic N) is 2. The summed E-state index contributed by atoms with van der Waals surface area (Å²) in [5.74, 6) is 0.292. The molecule has 0 aliphatic heterocycles. The van der Waals surface area contributed by atoms with Crippen LogP contribution >= 0.6 is 0 Å². The molecule has 1 aromatic rings. The summed E-state index contributed by atoms with van der Waals surface area (Å²) in [6.07, 6.45) is 4.45. The van der Waals surface area contributed by atoms with Crippen LogP contribution in [0.3, 0.4) is 0 Å². The normalized spacial score (nSPS) is 22.0. The molecule has 0 saturated heterocycles. The number of carbonyl (C=O) groups is 1. The first-order valence-electron chi connectivity index (χ1n) is 6.09. The number of aryl methyl sites for hydroxylation is 1. The van der Waals surface area contributed by atoms with Crippen LogP contribution in [0.15, 0.2) is 11.2 Å². The van der Waals surface area contributed by atoms with Crippen molar-refractivity contribution in [1.82, 2.24) is 15.6 Å². The van der Waals surface area contributed by atoms with Crippen molar-refractivity contribution in [2.75, 3.05) is 0 Å². The van der Waals surface area contributed by atoms with Crippen molar-refractivity contribution in [2.24, 2.45) is 11.0 Å².